The number of nitrogens with two attached hydrogens (primary N) is 1. The van der Waals surface area contributed by atoms with Crippen LogP contribution in [0.25, 0.3) is 0 Å². The number of pyridine rings is 1. The number of nitrogen functional groups attached to an aromatic ring is 1. The lowest BCUT2D eigenvalue weighted by Crippen LogP contribution is -2.07. The molecule has 0 saturated heterocycles. The van der Waals surface area contributed by atoms with Crippen molar-refractivity contribution < 1.29 is 14.6 Å². The molecule has 4 N–H and O–H groups in total. The molecule has 0 aliphatic rings. The van der Waals surface area contributed by atoms with Gasteiger partial charge >= 0.3 is 5.97 Å². The number of hydrogen-bond donors (Lipinski definition) is 3. The third kappa shape index (κ3) is 2.97. The summed E-state index contributed by atoms with van der Waals surface area (Å²) in [6.45, 7) is 0.480. The summed E-state index contributed by atoms with van der Waals surface area (Å²) in [7, 11) is 1.60. The quantitative estimate of drug-likeness (QED) is 0.770. The Morgan fingerprint density at radius 1 is 1.45 bits per heavy atom. The molecule has 0 aliphatic heterocycles. The number of nitrogens with zero attached hydrogens (tertiary/aromatic N) is 1. The van der Waals surface area contributed by atoms with Gasteiger partial charge in [-0.15, -0.1) is 0 Å². The zero-order valence-electron chi connectivity index (χ0n) is 11.0. The highest BCUT2D eigenvalue weighted by Gasteiger charge is 2.08. The number of carboxylic acids is 1. The monoisotopic (exact) mass is 273 g/mol. The normalized spacial score (nSPS) is 10.1. The number of anilines is 2. The zero-order valence-corrected chi connectivity index (χ0v) is 11.0. The maximum Gasteiger partial charge on any atom is 0.337 e. The lowest BCUT2D eigenvalue weighted by atomic mass is 10.2. The molecule has 6 nitrogen and oxygen atoms in total. The molecule has 6 heteroatoms. The summed E-state index contributed by atoms with van der Waals surface area (Å²) >= 11 is 0. The average molecular weight is 273 g/mol. The fourth-order valence-electron chi connectivity index (χ4n) is 1.77. The highest BCUT2D eigenvalue weighted by molar-refractivity contribution is 5.89. The second-order valence-corrected chi connectivity index (χ2v) is 4.13. The molecule has 0 bridgehead atoms. The zero-order chi connectivity index (χ0) is 14.5. The smallest absolute Gasteiger partial charge is 0.337 e. The van der Waals surface area contributed by atoms with E-state index in [4.69, 9.17) is 15.6 Å². The second-order valence-electron chi connectivity index (χ2n) is 4.13. The van der Waals surface area contributed by atoms with E-state index in [1.165, 1.54) is 12.3 Å². The van der Waals surface area contributed by atoms with Crippen LogP contribution >= 0.6 is 0 Å². The van der Waals surface area contributed by atoms with Gasteiger partial charge in [-0.25, -0.2) is 9.78 Å². The van der Waals surface area contributed by atoms with E-state index in [9.17, 15) is 4.79 Å². The number of aromatic nitrogens is 1. The van der Waals surface area contributed by atoms with E-state index in [0.717, 1.165) is 11.3 Å². The van der Waals surface area contributed by atoms with Crippen molar-refractivity contribution in [1.82, 2.24) is 4.98 Å². The van der Waals surface area contributed by atoms with E-state index >= 15 is 0 Å². The van der Waals surface area contributed by atoms with Gasteiger partial charge in [0.15, 0.2) is 0 Å². The Bertz CT molecular complexity index is 629. The van der Waals surface area contributed by atoms with Crippen molar-refractivity contribution >= 4 is 17.5 Å². The molecule has 2 rings (SSSR count). The number of rotatable bonds is 5. The van der Waals surface area contributed by atoms with Crippen LogP contribution in [0.4, 0.5) is 11.5 Å². The standard InChI is InChI=1S/C14H15N3O3/c1-20-12-5-3-2-4-9(12)7-16-13-11(15)6-10(8-17-13)14(18)19/h2-6,8H,7,15H2,1H3,(H,16,17)(H,18,19). The molecule has 0 radical (unpaired) electrons. The van der Waals surface area contributed by atoms with Gasteiger partial charge in [0.2, 0.25) is 0 Å². The van der Waals surface area contributed by atoms with Crippen molar-refractivity contribution in [2.24, 2.45) is 0 Å². The number of carbonyl (C=O) groups is 1. The van der Waals surface area contributed by atoms with Crippen LogP contribution in [0.3, 0.4) is 0 Å². The molecule has 0 fully saturated rings. The summed E-state index contributed by atoms with van der Waals surface area (Å²) in [6, 6.07) is 8.95. The van der Waals surface area contributed by atoms with Crippen LogP contribution in [0.1, 0.15) is 15.9 Å². The van der Waals surface area contributed by atoms with Gasteiger partial charge in [0.1, 0.15) is 11.6 Å². The van der Waals surface area contributed by atoms with Crippen LogP contribution in [0.5, 0.6) is 5.75 Å². The summed E-state index contributed by atoms with van der Waals surface area (Å²) in [5.41, 5.74) is 7.08. The number of para-hydroxylation sites is 1. The predicted molar refractivity (Wildman–Crippen MR) is 75.9 cm³/mol. The van der Waals surface area contributed by atoms with Crippen LogP contribution in [-0.4, -0.2) is 23.2 Å². The SMILES string of the molecule is COc1ccccc1CNc1ncc(C(=O)O)cc1N. The molecule has 1 aromatic carbocycles. The highest BCUT2D eigenvalue weighted by Crippen LogP contribution is 2.21. The van der Waals surface area contributed by atoms with E-state index in [2.05, 4.69) is 10.3 Å². The molecular weight excluding hydrogens is 258 g/mol. The Labute approximate surface area is 116 Å². The Kier molecular flexibility index (Phi) is 4.05. The third-order valence-corrected chi connectivity index (χ3v) is 2.80. The predicted octanol–water partition coefficient (Wildman–Crippen LogP) is 1.98. The van der Waals surface area contributed by atoms with Crippen LogP contribution < -0.4 is 15.8 Å². The number of carboxylic acid groups (broad SMARTS) is 1. The maximum absolute atomic E-state index is 10.8. The molecule has 1 aromatic heterocycles. The van der Waals surface area contributed by atoms with Crippen LogP contribution in [0.2, 0.25) is 0 Å². The van der Waals surface area contributed by atoms with Crippen molar-refractivity contribution in [2.45, 2.75) is 6.54 Å². The van der Waals surface area contributed by atoms with Crippen molar-refractivity contribution in [1.29, 1.82) is 0 Å². The van der Waals surface area contributed by atoms with Gasteiger partial charge in [0.25, 0.3) is 0 Å². The van der Waals surface area contributed by atoms with Gasteiger partial charge in [-0.3, -0.25) is 0 Å². The Morgan fingerprint density at radius 3 is 2.85 bits per heavy atom. The van der Waals surface area contributed by atoms with Gasteiger partial charge in [-0.2, -0.15) is 0 Å². The molecule has 20 heavy (non-hydrogen) atoms. The summed E-state index contributed by atoms with van der Waals surface area (Å²) in [4.78, 5) is 14.8. The van der Waals surface area contributed by atoms with E-state index in [0.29, 0.717) is 18.1 Å². The average Bonchev–Trinajstić information content (AvgIpc) is 2.46. The Balaban J connectivity index is 2.13. The molecule has 2 aromatic rings. The van der Waals surface area contributed by atoms with Gasteiger partial charge < -0.3 is 20.9 Å². The van der Waals surface area contributed by atoms with E-state index in [-0.39, 0.29) is 5.56 Å². The van der Waals surface area contributed by atoms with Crippen LogP contribution in [0, 0.1) is 0 Å². The summed E-state index contributed by atoms with van der Waals surface area (Å²) in [6.07, 6.45) is 1.27. The topological polar surface area (TPSA) is 97.5 Å². The highest BCUT2D eigenvalue weighted by atomic mass is 16.5. The minimum absolute atomic E-state index is 0.0605. The number of methoxy groups -OCH3 is 1. The minimum atomic E-state index is -1.06. The third-order valence-electron chi connectivity index (χ3n) is 2.80. The van der Waals surface area contributed by atoms with Crippen molar-refractivity contribution in [3.63, 3.8) is 0 Å². The molecule has 0 unspecified atom stereocenters. The molecule has 0 amide bonds. The van der Waals surface area contributed by atoms with E-state index in [1.807, 2.05) is 24.3 Å². The lowest BCUT2D eigenvalue weighted by Gasteiger charge is -2.11. The molecule has 0 saturated carbocycles. The molecule has 0 aliphatic carbocycles. The van der Waals surface area contributed by atoms with Gasteiger partial charge in [0.05, 0.1) is 18.4 Å². The summed E-state index contributed by atoms with van der Waals surface area (Å²) in [5.74, 6) is 0.155. The van der Waals surface area contributed by atoms with Crippen LogP contribution in [0.15, 0.2) is 36.5 Å². The fraction of sp³-hybridized carbons (Fsp3) is 0.143. The number of aromatic carboxylic acids is 1. The minimum Gasteiger partial charge on any atom is -0.496 e. The number of hydrogen-bond acceptors (Lipinski definition) is 5. The van der Waals surface area contributed by atoms with Crippen LogP contribution in [-0.2, 0) is 6.54 Å². The second kappa shape index (κ2) is 5.92. The summed E-state index contributed by atoms with van der Waals surface area (Å²) in [5, 5.41) is 11.9. The summed E-state index contributed by atoms with van der Waals surface area (Å²) < 4.78 is 5.25. The fourth-order valence-corrected chi connectivity index (χ4v) is 1.77. The molecule has 0 atom stereocenters. The van der Waals surface area contributed by atoms with E-state index < -0.39 is 5.97 Å². The van der Waals surface area contributed by atoms with Crippen molar-refractivity contribution in [2.75, 3.05) is 18.2 Å². The van der Waals surface area contributed by atoms with Crippen molar-refractivity contribution in [3.05, 3.63) is 47.7 Å². The van der Waals surface area contributed by atoms with Gasteiger partial charge in [0, 0.05) is 18.3 Å². The van der Waals surface area contributed by atoms with E-state index in [1.54, 1.807) is 7.11 Å². The largest absolute Gasteiger partial charge is 0.496 e. The number of nitrogens with one attached hydrogen (secondary N) is 1. The van der Waals surface area contributed by atoms with Crippen molar-refractivity contribution in [3.8, 4) is 5.75 Å². The maximum atomic E-state index is 10.8. The van der Waals surface area contributed by atoms with Gasteiger partial charge in [-0.05, 0) is 12.1 Å². The Morgan fingerprint density at radius 2 is 2.20 bits per heavy atom. The molecular formula is C14H15N3O3. The first-order valence-corrected chi connectivity index (χ1v) is 5.96. The number of ether oxygens (including phenoxy) is 1. The van der Waals surface area contributed by atoms with Gasteiger partial charge in [-0.1, -0.05) is 18.2 Å². The number of benzene rings is 1. The first-order valence-electron chi connectivity index (χ1n) is 5.96. The molecule has 1 heterocycles. The Hall–Kier alpha value is -2.76. The first kappa shape index (κ1) is 13.7. The lowest BCUT2D eigenvalue weighted by molar-refractivity contribution is 0.0696. The first-order chi connectivity index (χ1) is 9.61. The molecule has 104 valence electrons. The molecule has 0 spiro atoms.